The lowest BCUT2D eigenvalue weighted by Crippen LogP contribution is -2.33. The Morgan fingerprint density at radius 2 is 1.25 bits per heavy atom. The number of aromatic amines is 2. The number of rotatable bonds is 4. The zero-order valence-electron chi connectivity index (χ0n) is 23.7. The minimum absolute atomic E-state index is 0.0568. The first-order valence-electron chi connectivity index (χ1n) is 13.7. The Morgan fingerprint density at radius 1 is 0.773 bits per heavy atom. The molecular weight excluding hydrogens is 641 g/mol. The van der Waals surface area contributed by atoms with Gasteiger partial charge in [0, 0.05) is 12.2 Å². The first-order valence-corrected chi connectivity index (χ1v) is 15.8. The zero-order chi connectivity index (χ0) is 31.6. The summed E-state index contributed by atoms with van der Waals surface area (Å²) >= 11 is 6.55. The zero-order valence-corrected chi connectivity index (χ0v) is 26.2. The first kappa shape index (κ1) is 30.7. The van der Waals surface area contributed by atoms with E-state index in [1.165, 1.54) is 4.57 Å². The van der Waals surface area contributed by atoms with E-state index in [2.05, 4.69) is 19.9 Å². The van der Waals surface area contributed by atoms with Crippen LogP contribution in [-0.2, 0) is 18.9 Å². The minimum atomic E-state index is -1.24. The quantitative estimate of drug-likeness (QED) is 0.216. The molecule has 3 aliphatic heterocycles. The van der Waals surface area contributed by atoms with Crippen molar-refractivity contribution in [2.75, 3.05) is 0 Å². The van der Waals surface area contributed by atoms with E-state index >= 15 is 0 Å². The number of aliphatic hydroxyl groups excluding tert-OH is 2. The van der Waals surface area contributed by atoms with Crippen LogP contribution in [0, 0.1) is 13.8 Å². The maximum atomic E-state index is 12.4. The summed E-state index contributed by atoms with van der Waals surface area (Å²) in [5.41, 5.74) is -0.282. The molecule has 0 radical (unpaired) electrons. The number of ether oxygens (including phenoxy) is 4. The van der Waals surface area contributed by atoms with Gasteiger partial charge in [0.05, 0.1) is 6.10 Å². The molecule has 19 heteroatoms. The molecule has 0 saturated carbocycles. The summed E-state index contributed by atoms with van der Waals surface area (Å²) in [5, 5.41) is 20.1. The van der Waals surface area contributed by atoms with Crippen molar-refractivity contribution < 1.29 is 29.2 Å². The van der Waals surface area contributed by atoms with E-state index in [4.69, 9.17) is 31.2 Å². The van der Waals surface area contributed by atoms with E-state index in [0.717, 1.165) is 27.2 Å². The van der Waals surface area contributed by atoms with Gasteiger partial charge in [-0.25, -0.2) is 9.97 Å². The molecule has 3 aliphatic rings. The molecule has 7 heterocycles. The van der Waals surface area contributed by atoms with Crippen LogP contribution in [0.3, 0.4) is 0 Å². The molecule has 3 saturated heterocycles. The van der Waals surface area contributed by atoms with Gasteiger partial charge in [0.15, 0.2) is 36.0 Å². The van der Waals surface area contributed by atoms with Crippen LogP contribution in [0.2, 0.25) is 0 Å². The fourth-order valence-electron chi connectivity index (χ4n) is 5.57. The van der Waals surface area contributed by atoms with Crippen molar-refractivity contribution in [1.82, 2.24) is 29.1 Å². The predicted molar refractivity (Wildman–Crippen MR) is 161 cm³/mol. The first-order chi connectivity index (χ1) is 20.9. The highest BCUT2D eigenvalue weighted by molar-refractivity contribution is 7.79. The summed E-state index contributed by atoms with van der Waals surface area (Å²) in [5.74, 6) is 0.786. The van der Waals surface area contributed by atoms with E-state index in [0.29, 0.717) is 30.1 Å². The summed E-state index contributed by atoms with van der Waals surface area (Å²) in [4.78, 5) is 61.2. The molecule has 16 nitrogen and oxygen atoms in total. The number of hydrogen-bond acceptors (Lipinski definition) is 15. The SMILES string of the molecule is CC[C@H]1O[C@@H](n2c(=O)sc3c(=O)[nH]c(C)nc32)C2OC(=S)O[C@@H]21.CC[C@H]1O[C@@H](n2c(=O)sc3c(=O)[nH]c(C)nc32)[C@H](O)[C@@H]1O. The molecule has 0 spiro atoms. The number of aromatic nitrogens is 6. The third-order valence-corrected chi connectivity index (χ3v) is 9.66. The van der Waals surface area contributed by atoms with Crippen LogP contribution in [0.1, 0.15) is 50.8 Å². The van der Waals surface area contributed by atoms with Crippen molar-refractivity contribution in [2.24, 2.45) is 0 Å². The van der Waals surface area contributed by atoms with E-state index in [1.54, 1.807) is 13.8 Å². The Labute approximate surface area is 259 Å². The van der Waals surface area contributed by atoms with Gasteiger partial charge in [-0.2, -0.15) is 0 Å². The number of nitrogens with one attached hydrogen (secondary N) is 2. The standard InChI is InChI=1S/C13H13N3O5S2.C12H15N3O5S/c1-3-5-6-7(21-13(22)20-6)11(19-5)16-9-8(23-12(16)18)10(17)15-4(2)14-9;1-3-5-6(16)7(17)11(20-5)15-9-8(21-12(15)19)10(18)14-4(2)13-9/h5-7,11H,3H2,1-2H3,(H,14,15,17);5-7,11,16-17H,3H2,1-2H3,(H,13,14,18)/t5-,6-,7?,11-;5-,6-,7-,11-/m11/s1. The monoisotopic (exact) mass is 668 g/mol. The fourth-order valence-corrected chi connectivity index (χ4v) is 7.47. The highest BCUT2D eigenvalue weighted by Gasteiger charge is 2.54. The van der Waals surface area contributed by atoms with E-state index in [1.807, 2.05) is 13.8 Å². The second-order valence-electron chi connectivity index (χ2n) is 10.4. The summed E-state index contributed by atoms with van der Waals surface area (Å²) in [6.07, 6.45) is -4.58. The van der Waals surface area contributed by atoms with Crippen molar-refractivity contribution in [3.8, 4) is 0 Å². The maximum absolute atomic E-state index is 12.4. The molecular formula is C25H28N6O10S3. The molecule has 0 amide bonds. The van der Waals surface area contributed by atoms with Crippen LogP contribution in [0.5, 0.6) is 0 Å². The molecule has 0 aromatic carbocycles. The average molecular weight is 669 g/mol. The third kappa shape index (κ3) is 5.01. The smallest absolute Gasteiger partial charge is 0.353 e. The molecule has 4 N–H and O–H groups in total. The summed E-state index contributed by atoms with van der Waals surface area (Å²) in [7, 11) is 0. The molecule has 236 valence electrons. The molecule has 4 aromatic heterocycles. The van der Waals surface area contributed by atoms with Gasteiger partial charge < -0.3 is 39.1 Å². The van der Waals surface area contributed by atoms with Crippen LogP contribution >= 0.6 is 34.9 Å². The van der Waals surface area contributed by atoms with Crippen LogP contribution in [-0.4, -0.2) is 81.1 Å². The second-order valence-corrected chi connectivity index (χ2v) is 12.7. The van der Waals surface area contributed by atoms with Gasteiger partial charge in [0.25, 0.3) is 11.1 Å². The topological polar surface area (TPSA) is 213 Å². The predicted octanol–water partition coefficient (Wildman–Crippen LogP) is 0.315. The van der Waals surface area contributed by atoms with Crippen molar-refractivity contribution in [3.05, 3.63) is 51.7 Å². The highest BCUT2D eigenvalue weighted by atomic mass is 32.1. The Hall–Kier alpha value is -3.33. The summed E-state index contributed by atoms with van der Waals surface area (Å²) in [6, 6.07) is 0. The number of nitrogens with zero attached hydrogens (tertiary/aromatic N) is 4. The number of thiocarbonyl (C=S) groups is 1. The minimum Gasteiger partial charge on any atom is -0.447 e. The number of aryl methyl sites for hydroxylation is 2. The van der Waals surface area contributed by atoms with E-state index < -0.39 is 47.3 Å². The van der Waals surface area contributed by atoms with Crippen molar-refractivity contribution >= 4 is 60.8 Å². The number of H-pyrrole nitrogens is 2. The lowest BCUT2D eigenvalue weighted by molar-refractivity contribution is -0.0437. The van der Waals surface area contributed by atoms with Crippen LogP contribution in [0.25, 0.3) is 20.7 Å². The molecule has 0 bridgehead atoms. The average Bonchev–Trinajstić information content (AvgIpc) is 3.74. The van der Waals surface area contributed by atoms with Gasteiger partial charge >= 0.3 is 15.0 Å². The highest BCUT2D eigenvalue weighted by Crippen LogP contribution is 2.39. The molecule has 1 unspecified atom stereocenters. The summed E-state index contributed by atoms with van der Waals surface area (Å²) < 4.78 is 25.5. The Balaban J connectivity index is 0.000000157. The maximum Gasteiger partial charge on any atom is 0.353 e. The third-order valence-electron chi connectivity index (χ3n) is 7.58. The van der Waals surface area contributed by atoms with E-state index in [9.17, 15) is 29.4 Å². The van der Waals surface area contributed by atoms with Gasteiger partial charge in [-0.15, -0.1) is 0 Å². The van der Waals surface area contributed by atoms with Gasteiger partial charge in [-0.1, -0.05) is 36.5 Å². The van der Waals surface area contributed by atoms with Crippen LogP contribution in [0.4, 0.5) is 0 Å². The largest absolute Gasteiger partial charge is 0.447 e. The van der Waals surface area contributed by atoms with Gasteiger partial charge in [-0.3, -0.25) is 28.3 Å². The van der Waals surface area contributed by atoms with Gasteiger partial charge in [0.1, 0.15) is 39.4 Å². The van der Waals surface area contributed by atoms with Gasteiger partial charge in [0.2, 0.25) is 0 Å². The Kier molecular flexibility index (Phi) is 8.05. The second kappa shape index (κ2) is 11.5. The number of aliphatic hydroxyl groups is 2. The fraction of sp³-hybridized carbons (Fsp3) is 0.560. The van der Waals surface area contributed by atoms with Crippen molar-refractivity contribution in [1.29, 1.82) is 0 Å². The van der Waals surface area contributed by atoms with Crippen LogP contribution < -0.4 is 20.9 Å². The Morgan fingerprint density at radius 3 is 1.75 bits per heavy atom. The number of fused-ring (bicyclic) bond motifs is 3. The number of hydrogen-bond donors (Lipinski definition) is 4. The molecule has 8 atom stereocenters. The van der Waals surface area contributed by atoms with Crippen LogP contribution in [0.15, 0.2) is 19.2 Å². The lowest BCUT2D eigenvalue weighted by atomic mass is 10.1. The normalized spacial score (nSPS) is 29.5. The lowest BCUT2D eigenvalue weighted by Gasteiger charge is -2.17. The molecule has 4 aromatic rings. The molecule has 3 fully saturated rings. The van der Waals surface area contributed by atoms with E-state index in [-0.39, 0.29) is 42.9 Å². The molecule has 0 aliphatic carbocycles. The molecule has 44 heavy (non-hydrogen) atoms. The van der Waals surface area contributed by atoms with Crippen molar-refractivity contribution in [2.45, 2.75) is 89.6 Å². The molecule has 7 rings (SSSR count). The number of thiazole rings is 2. The van der Waals surface area contributed by atoms with Crippen molar-refractivity contribution in [3.63, 3.8) is 0 Å². The Bertz CT molecular complexity index is 1990. The summed E-state index contributed by atoms with van der Waals surface area (Å²) in [6.45, 7) is 7.02. The van der Waals surface area contributed by atoms with Gasteiger partial charge in [-0.05, 0) is 26.7 Å².